The van der Waals surface area contributed by atoms with Gasteiger partial charge >= 0.3 is 0 Å². The van der Waals surface area contributed by atoms with Crippen LogP contribution < -0.4 is 5.73 Å². The first-order valence-electron chi connectivity index (χ1n) is 7.71. The Bertz CT molecular complexity index is 957. The molecule has 2 heterocycles. The Balaban J connectivity index is 2.06. The summed E-state index contributed by atoms with van der Waals surface area (Å²) in [4.78, 5) is 21.3. The summed E-state index contributed by atoms with van der Waals surface area (Å²) >= 11 is 2.83. The molecule has 2 aromatic rings. The molecule has 0 atom stereocenters. The van der Waals surface area contributed by atoms with Gasteiger partial charge in [0.05, 0.1) is 16.0 Å². The highest BCUT2D eigenvalue weighted by atomic mass is 32.2. The number of nitrogens with zero attached hydrogens (tertiary/aromatic N) is 3. The second kappa shape index (κ2) is 7.30. The number of rotatable bonds is 4. The van der Waals surface area contributed by atoms with Crippen molar-refractivity contribution < 1.29 is 4.79 Å². The summed E-state index contributed by atoms with van der Waals surface area (Å²) in [6, 6.07) is 7.98. The van der Waals surface area contributed by atoms with E-state index in [0.717, 1.165) is 27.1 Å². The van der Waals surface area contributed by atoms with Crippen molar-refractivity contribution in [1.82, 2.24) is 4.98 Å². The van der Waals surface area contributed by atoms with Crippen LogP contribution in [0.3, 0.4) is 0 Å². The summed E-state index contributed by atoms with van der Waals surface area (Å²) < 4.78 is 0. The molecule has 25 heavy (non-hydrogen) atoms. The molecule has 7 heteroatoms. The number of aliphatic imine (C=N–C) groups is 1. The number of hydrogen-bond donors (Lipinski definition) is 1. The Morgan fingerprint density at radius 3 is 2.88 bits per heavy atom. The van der Waals surface area contributed by atoms with Crippen LogP contribution in [-0.2, 0) is 4.79 Å². The molecule has 1 aromatic heterocycles. The predicted octanol–water partition coefficient (Wildman–Crippen LogP) is 3.78. The molecule has 5 nitrogen and oxygen atoms in total. The Morgan fingerprint density at radius 1 is 1.44 bits per heavy atom. The van der Waals surface area contributed by atoms with Crippen LogP contribution in [0.4, 0.5) is 0 Å². The lowest BCUT2D eigenvalue weighted by molar-refractivity contribution is -0.113. The predicted molar refractivity (Wildman–Crippen MR) is 104 cm³/mol. The van der Waals surface area contributed by atoms with Gasteiger partial charge in [0, 0.05) is 22.2 Å². The van der Waals surface area contributed by atoms with Gasteiger partial charge in [0.1, 0.15) is 6.07 Å². The summed E-state index contributed by atoms with van der Waals surface area (Å²) in [7, 11) is 0. The van der Waals surface area contributed by atoms with Crippen molar-refractivity contribution in [2.24, 2.45) is 16.6 Å². The lowest BCUT2D eigenvalue weighted by Crippen LogP contribution is -2.01. The van der Waals surface area contributed by atoms with Crippen molar-refractivity contribution in [3.05, 3.63) is 40.4 Å². The minimum atomic E-state index is -0.319. The number of pyridine rings is 1. The summed E-state index contributed by atoms with van der Waals surface area (Å²) in [5, 5.41) is 10.6. The third kappa shape index (κ3) is 3.86. The van der Waals surface area contributed by atoms with Crippen molar-refractivity contribution in [2.75, 3.05) is 5.75 Å². The van der Waals surface area contributed by atoms with Gasteiger partial charge in [-0.3, -0.25) is 9.78 Å². The number of nitrogens with two attached hydrogens (primary N) is 1. The van der Waals surface area contributed by atoms with Crippen LogP contribution in [-0.4, -0.2) is 21.8 Å². The fourth-order valence-electron chi connectivity index (χ4n) is 2.34. The molecule has 0 saturated carbocycles. The molecule has 0 aliphatic carbocycles. The summed E-state index contributed by atoms with van der Waals surface area (Å²) in [6.45, 7) is 4.29. The van der Waals surface area contributed by atoms with Crippen LogP contribution in [0.15, 0.2) is 39.2 Å². The topological polar surface area (TPSA) is 92.1 Å². The molecule has 2 N–H and O–H groups in total. The zero-order valence-electron chi connectivity index (χ0n) is 13.8. The molecule has 0 saturated heterocycles. The summed E-state index contributed by atoms with van der Waals surface area (Å²) in [5.74, 6) is 1.11. The number of nitriles is 1. The Morgan fingerprint density at radius 2 is 2.24 bits per heavy atom. The van der Waals surface area contributed by atoms with Crippen LogP contribution in [0.1, 0.15) is 25.0 Å². The van der Waals surface area contributed by atoms with Crippen LogP contribution >= 0.6 is 23.5 Å². The van der Waals surface area contributed by atoms with E-state index in [-0.39, 0.29) is 11.1 Å². The highest BCUT2D eigenvalue weighted by molar-refractivity contribution is 8.18. The minimum Gasteiger partial charge on any atom is -0.378 e. The summed E-state index contributed by atoms with van der Waals surface area (Å²) in [5.41, 5.74) is 7.85. The lowest BCUT2D eigenvalue weighted by Gasteiger charge is -2.10. The Labute approximate surface area is 154 Å². The van der Waals surface area contributed by atoms with E-state index in [4.69, 9.17) is 5.73 Å². The molecular formula is C18H16N4OS2. The third-order valence-electron chi connectivity index (χ3n) is 3.46. The smallest absolute Gasteiger partial charge is 0.286 e. The number of hydrogen-bond acceptors (Lipinski definition) is 6. The van der Waals surface area contributed by atoms with Crippen molar-refractivity contribution in [1.29, 1.82) is 5.26 Å². The van der Waals surface area contributed by atoms with Crippen LogP contribution in [0.2, 0.25) is 0 Å². The fourth-order valence-corrected chi connectivity index (χ4v) is 4.09. The molecule has 0 fully saturated rings. The first-order chi connectivity index (χ1) is 12.0. The van der Waals surface area contributed by atoms with Crippen molar-refractivity contribution in [3.63, 3.8) is 0 Å². The second-order valence-electron chi connectivity index (χ2n) is 5.96. The van der Waals surface area contributed by atoms with Crippen molar-refractivity contribution in [3.8, 4) is 6.07 Å². The Hall–Kier alpha value is -2.30. The number of fused-ring (bicyclic) bond motifs is 1. The number of carbonyl (C=O) groups excluding carboxylic acids is 1. The number of amides is 1. The van der Waals surface area contributed by atoms with Gasteiger partial charge in [-0.2, -0.15) is 10.3 Å². The number of amidine groups is 1. The van der Waals surface area contributed by atoms with E-state index in [1.165, 1.54) is 11.8 Å². The van der Waals surface area contributed by atoms with Crippen molar-refractivity contribution >= 4 is 51.6 Å². The van der Waals surface area contributed by atoms with E-state index in [9.17, 15) is 10.1 Å². The average Bonchev–Trinajstić information content (AvgIpc) is 2.89. The molecule has 3 rings (SSSR count). The molecule has 126 valence electrons. The van der Waals surface area contributed by atoms with Gasteiger partial charge in [-0.25, -0.2) is 0 Å². The Kier molecular flexibility index (Phi) is 5.11. The van der Waals surface area contributed by atoms with Crippen LogP contribution in [0, 0.1) is 17.2 Å². The highest BCUT2D eigenvalue weighted by Crippen LogP contribution is 2.33. The second-order valence-corrected chi connectivity index (χ2v) is 8.05. The average molecular weight is 368 g/mol. The van der Waals surface area contributed by atoms with Gasteiger partial charge in [-0.1, -0.05) is 19.9 Å². The molecule has 1 aliphatic rings. The fraction of sp³-hybridized carbons (Fsp3) is 0.222. The van der Waals surface area contributed by atoms with Gasteiger partial charge in [0.2, 0.25) is 0 Å². The zero-order valence-corrected chi connectivity index (χ0v) is 15.4. The van der Waals surface area contributed by atoms with Gasteiger partial charge in [0.25, 0.3) is 5.91 Å². The van der Waals surface area contributed by atoms with Crippen LogP contribution in [0.25, 0.3) is 17.0 Å². The maximum absolute atomic E-state index is 11.8. The van der Waals surface area contributed by atoms with Crippen LogP contribution in [0.5, 0.6) is 0 Å². The normalized spacial score (nSPS) is 15.8. The molecule has 0 unspecified atom stereocenters. The van der Waals surface area contributed by atoms with E-state index in [1.807, 2.05) is 18.2 Å². The first kappa shape index (κ1) is 17.5. The largest absolute Gasteiger partial charge is 0.378 e. The SMILES string of the molecule is CC(C)CSc1c(C#N)cnc2ccc(C=C3SC(N)=NC3=O)cc12. The first-order valence-corrected chi connectivity index (χ1v) is 9.52. The molecule has 0 spiro atoms. The van der Waals surface area contributed by atoms with E-state index in [0.29, 0.717) is 16.4 Å². The number of benzene rings is 1. The van der Waals surface area contributed by atoms with E-state index >= 15 is 0 Å². The minimum absolute atomic E-state index is 0.263. The molecule has 0 bridgehead atoms. The van der Waals surface area contributed by atoms with E-state index < -0.39 is 0 Å². The maximum atomic E-state index is 11.8. The van der Waals surface area contributed by atoms with E-state index in [1.54, 1.807) is 24.0 Å². The van der Waals surface area contributed by atoms with E-state index in [2.05, 4.69) is 29.9 Å². The lowest BCUT2D eigenvalue weighted by atomic mass is 10.1. The molecule has 0 radical (unpaired) electrons. The quantitative estimate of drug-likeness (QED) is 0.652. The molecule has 1 amide bonds. The number of thioether (sulfide) groups is 2. The van der Waals surface area contributed by atoms with Gasteiger partial charge in [-0.05, 0) is 41.5 Å². The standard InChI is InChI=1S/C18H16N4OS2/c1-10(2)9-24-16-12(7-19)8-21-14-4-3-11(5-13(14)16)6-15-17(23)22-18(20)25-15/h3-6,8,10H,9H2,1-2H3,(H2,20,22,23). The molecule has 1 aliphatic heterocycles. The van der Waals surface area contributed by atoms with Gasteiger partial charge < -0.3 is 5.73 Å². The molecule has 1 aromatic carbocycles. The zero-order chi connectivity index (χ0) is 18.0. The number of carbonyl (C=O) groups is 1. The highest BCUT2D eigenvalue weighted by Gasteiger charge is 2.19. The maximum Gasteiger partial charge on any atom is 0.286 e. The van der Waals surface area contributed by atoms with Crippen molar-refractivity contribution in [2.45, 2.75) is 18.7 Å². The monoisotopic (exact) mass is 368 g/mol. The van der Waals surface area contributed by atoms with Gasteiger partial charge in [-0.15, -0.1) is 11.8 Å². The van der Waals surface area contributed by atoms with Gasteiger partial charge in [0.15, 0.2) is 5.17 Å². The molecular weight excluding hydrogens is 352 g/mol. The number of aromatic nitrogens is 1. The third-order valence-corrected chi connectivity index (χ3v) is 5.83. The summed E-state index contributed by atoms with van der Waals surface area (Å²) in [6.07, 6.45) is 3.39.